The Balaban J connectivity index is 0.000000610. The van der Waals surface area contributed by atoms with Crippen LogP contribution in [0.15, 0.2) is 54.7 Å². The molecule has 4 heterocycles. The molecule has 9 nitrogen and oxygen atoms in total. The molecule has 10 heteroatoms. The molecule has 6 rings (SSSR count). The summed E-state index contributed by atoms with van der Waals surface area (Å²) in [5, 5.41) is 16.8. The molecule has 2 aliphatic rings. The summed E-state index contributed by atoms with van der Waals surface area (Å²) >= 11 is 0. The second-order valence-electron chi connectivity index (χ2n) is 9.83. The molecule has 0 spiro atoms. The van der Waals surface area contributed by atoms with E-state index in [9.17, 15) is 9.90 Å². The van der Waals surface area contributed by atoms with Gasteiger partial charge in [0.1, 0.15) is 23.7 Å². The van der Waals surface area contributed by atoms with E-state index in [1.807, 2.05) is 37.3 Å². The first-order valence-corrected chi connectivity index (χ1v) is 13.6. The molecule has 0 amide bonds. The highest BCUT2D eigenvalue weighted by Crippen LogP contribution is 2.34. The van der Waals surface area contributed by atoms with Crippen LogP contribution in [0, 0.1) is 12.7 Å². The highest BCUT2D eigenvalue weighted by molar-refractivity contribution is 5.90. The third kappa shape index (κ3) is 6.23. The number of benzene rings is 2. The third-order valence-electron chi connectivity index (χ3n) is 7.07. The van der Waals surface area contributed by atoms with Crippen molar-refractivity contribution < 1.29 is 28.5 Å². The largest absolute Gasteiger partial charge is 0.488 e. The number of aryl methyl sites for hydroxylation is 1. The Labute approximate surface area is 237 Å². The van der Waals surface area contributed by atoms with Crippen LogP contribution in [0.4, 0.5) is 4.39 Å². The van der Waals surface area contributed by atoms with Crippen molar-refractivity contribution in [1.82, 2.24) is 20.1 Å². The van der Waals surface area contributed by atoms with Crippen molar-refractivity contribution in [3.8, 4) is 28.7 Å². The Morgan fingerprint density at radius 2 is 1.95 bits per heavy atom. The Hall–Kier alpha value is -4.28. The normalized spacial score (nSPS) is 14.1. The van der Waals surface area contributed by atoms with E-state index in [1.165, 1.54) is 30.8 Å². The molecule has 2 aliphatic heterocycles. The van der Waals surface area contributed by atoms with Gasteiger partial charge in [0, 0.05) is 30.9 Å². The number of carboxylic acid groups (broad SMARTS) is 1. The van der Waals surface area contributed by atoms with Gasteiger partial charge in [-0.3, -0.25) is 0 Å². The molecule has 41 heavy (non-hydrogen) atoms. The second-order valence-corrected chi connectivity index (χ2v) is 9.83. The number of aromatic nitrogens is 3. The number of nitrogens with zero attached hydrogens (tertiary/aromatic N) is 3. The molecule has 0 radical (unpaired) electrons. The number of methoxy groups -OCH3 is 1. The van der Waals surface area contributed by atoms with Crippen molar-refractivity contribution in [2.45, 2.75) is 39.3 Å². The fourth-order valence-corrected chi connectivity index (χ4v) is 4.93. The Morgan fingerprint density at radius 3 is 2.68 bits per heavy atom. The summed E-state index contributed by atoms with van der Waals surface area (Å²) in [6.07, 6.45) is 4.43. The lowest BCUT2D eigenvalue weighted by atomic mass is 9.97. The Kier molecular flexibility index (Phi) is 8.91. The number of aromatic carboxylic acids is 1. The molecular formula is C31H33FN4O5. The topological polar surface area (TPSA) is 108 Å². The van der Waals surface area contributed by atoms with Gasteiger partial charge in [-0.25, -0.2) is 14.2 Å². The number of halogens is 1. The van der Waals surface area contributed by atoms with E-state index >= 15 is 4.39 Å². The van der Waals surface area contributed by atoms with E-state index < -0.39 is 5.97 Å². The number of hydrogen-bond donors (Lipinski definition) is 2. The van der Waals surface area contributed by atoms with Gasteiger partial charge in [0.15, 0.2) is 5.82 Å². The maximum atomic E-state index is 15.2. The number of fused-ring (bicyclic) bond motifs is 1. The standard InChI is InChI=1S/C27H25FN4O4.C4H8O/c1-16-5-3-6-20(25(16)36-15-18-10-9-17-13-29-12-11-19(17)24(18)28)22-7-4-8-23(31-22)32-26(35-2)21(14-30-32)27(33)34;1-2-4-5-3-1/h3-10,14,29H,11-13,15H2,1-2H3,(H,33,34);1-4H2. The Bertz CT molecular complexity index is 1530. The van der Waals surface area contributed by atoms with E-state index in [0.717, 1.165) is 42.0 Å². The summed E-state index contributed by atoms with van der Waals surface area (Å²) in [6, 6.07) is 14.8. The first kappa shape index (κ1) is 28.3. The van der Waals surface area contributed by atoms with Crippen LogP contribution in [0.25, 0.3) is 17.1 Å². The van der Waals surface area contributed by atoms with Crippen molar-refractivity contribution in [2.24, 2.45) is 0 Å². The van der Waals surface area contributed by atoms with Crippen LogP contribution in [0.5, 0.6) is 11.6 Å². The molecule has 0 atom stereocenters. The zero-order valence-corrected chi connectivity index (χ0v) is 23.2. The van der Waals surface area contributed by atoms with Crippen LogP contribution in [-0.2, 0) is 24.3 Å². The molecule has 2 aromatic heterocycles. The van der Waals surface area contributed by atoms with Crippen molar-refractivity contribution in [3.63, 3.8) is 0 Å². The lowest BCUT2D eigenvalue weighted by molar-refractivity contribution is 0.0693. The van der Waals surface area contributed by atoms with Crippen molar-refractivity contribution in [1.29, 1.82) is 0 Å². The second kappa shape index (κ2) is 12.9. The van der Waals surface area contributed by atoms with Crippen molar-refractivity contribution >= 4 is 5.97 Å². The minimum absolute atomic E-state index is 0.0628. The van der Waals surface area contributed by atoms with Gasteiger partial charge in [-0.05, 0) is 67.6 Å². The minimum atomic E-state index is -1.14. The molecule has 1 fully saturated rings. The molecule has 1 saturated heterocycles. The quantitative estimate of drug-likeness (QED) is 0.321. The molecule has 2 N–H and O–H groups in total. The van der Waals surface area contributed by atoms with Gasteiger partial charge in [0.25, 0.3) is 0 Å². The molecule has 0 unspecified atom stereocenters. The van der Waals surface area contributed by atoms with Crippen LogP contribution in [-0.4, -0.2) is 52.7 Å². The smallest absolute Gasteiger partial charge is 0.342 e. The van der Waals surface area contributed by atoms with Crippen LogP contribution < -0.4 is 14.8 Å². The highest BCUT2D eigenvalue weighted by Gasteiger charge is 2.21. The van der Waals surface area contributed by atoms with Gasteiger partial charge in [-0.2, -0.15) is 9.78 Å². The number of para-hydroxylation sites is 1. The first-order chi connectivity index (χ1) is 20.0. The number of carboxylic acids is 1. The molecule has 2 aromatic carbocycles. The zero-order valence-electron chi connectivity index (χ0n) is 23.2. The van der Waals surface area contributed by atoms with Crippen LogP contribution >= 0.6 is 0 Å². The molecule has 4 aromatic rings. The van der Waals surface area contributed by atoms with Gasteiger partial charge in [-0.1, -0.05) is 30.3 Å². The number of pyridine rings is 1. The summed E-state index contributed by atoms with van der Waals surface area (Å²) < 4.78 is 32.9. The summed E-state index contributed by atoms with van der Waals surface area (Å²) in [7, 11) is 1.38. The van der Waals surface area contributed by atoms with Crippen molar-refractivity contribution in [2.75, 3.05) is 26.9 Å². The molecule has 0 bridgehead atoms. The van der Waals surface area contributed by atoms with Crippen LogP contribution in [0.2, 0.25) is 0 Å². The van der Waals surface area contributed by atoms with Gasteiger partial charge in [0.05, 0.1) is 19.0 Å². The monoisotopic (exact) mass is 560 g/mol. The van der Waals surface area contributed by atoms with E-state index in [2.05, 4.69) is 10.4 Å². The molecule has 0 saturated carbocycles. The van der Waals surface area contributed by atoms with Crippen LogP contribution in [0.3, 0.4) is 0 Å². The Morgan fingerprint density at radius 1 is 1.15 bits per heavy atom. The van der Waals surface area contributed by atoms with Gasteiger partial charge < -0.3 is 24.6 Å². The lowest BCUT2D eigenvalue weighted by Gasteiger charge is -2.20. The van der Waals surface area contributed by atoms with E-state index in [-0.39, 0.29) is 23.9 Å². The maximum Gasteiger partial charge on any atom is 0.342 e. The summed E-state index contributed by atoms with van der Waals surface area (Å²) in [4.78, 5) is 16.2. The lowest BCUT2D eigenvalue weighted by Crippen LogP contribution is -2.25. The summed E-state index contributed by atoms with van der Waals surface area (Å²) in [6.45, 7) is 5.44. The minimum Gasteiger partial charge on any atom is -0.488 e. The SMILES string of the molecule is C1CCOC1.COc1c(C(=O)O)cnn1-c1cccc(-c2cccc(C)c2OCc2ccc3c(c2F)CCNC3)n1. The number of carbonyl (C=O) groups is 1. The summed E-state index contributed by atoms with van der Waals surface area (Å²) in [5.41, 5.74) is 4.39. The number of hydrogen-bond acceptors (Lipinski definition) is 7. The molecule has 214 valence electrons. The number of ether oxygens (including phenoxy) is 3. The van der Waals surface area contributed by atoms with Gasteiger partial charge in [0.2, 0.25) is 5.88 Å². The van der Waals surface area contributed by atoms with Gasteiger partial charge in [-0.15, -0.1) is 0 Å². The molecule has 0 aliphatic carbocycles. The number of rotatable bonds is 7. The third-order valence-corrected chi connectivity index (χ3v) is 7.07. The average molecular weight is 561 g/mol. The van der Waals surface area contributed by atoms with Crippen molar-refractivity contribution in [3.05, 3.63) is 88.4 Å². The maximum absolute atomic E-state index is 15.2. The fourth-order valence-electron chi connectivity index (χ4n) is 4.93. The van der Waals surface area contributed by atoms with E-state index in [1.54, 1.807) is 18.2 Å². The van der Waals surface area contributed by atoms with Gasteiger partial charge >= 0.3 is 5.97 Å². The zero-order chi connectivity index (χ0) is 28.8. The van der Waals surface area contributed by atoms with E-state index in [0.29, 0.717) is 35.8 Å². The predicted molar refractivity (Wildman–Crippen MR) is 151 cm³/mol. The van der Waals surface area contributed by atoms with E-state index in [4.69, 9.17) is 19.2 Å². The number of nitrogens with one attached hydrogen (secondary N) is 1. The first-order valence-electron chi connectivity index (χ1n) is 13.6. The van der Waals surface area contributed by atoms with Crippen LogP contribution in [0.1, 0.15) is 45.5 Å². The average Bonchev–Trinajstić information content (AvgIpc) is 3.71. The fraction of sp³-hybridized carbons (Fsp3) is 0.323. The molecular weight excluding hydrogens is 527 g/mol. The predicted octanol–water partition coefficient (Wildman–Crippen LogP) is 5.11. The summed E-state index contributed by atoms with van der Waals surface area (Å²) in [5.74, 6) is -0.289. The highest BCUT2D eigenvalue weighted by atomic mass is 19.1.